The van der Waals surface area contributed by atoms with E-state index in [4.69, 9.17) is 18.9 Å². The fourth-order valence-corrected chi connectivity index (χ4v) is 2.69. The van der Waals surface area contributed by atoms with Gasteiger partial charge in [0.05, 0.1) is 0 Å². The highest BCUT2D eigenvalue weighted by atomic mass is 127. The Kier molecular flexibility index (Phi) is 5.92. The van der Waals surface area contributed by atoms with Crippen LogP contribution >= 0.6 is 24.0 Å². The van der Waals surface area contributed by atoms with Gasteiger partial charge in [0.25, 0.3) is 0 Å². The second-order valence-electron chi connectivity index (χ2n) is 5.65. The van der Waals surface area contributed by atoms with Crippen molar-refractivity contribution < 1.29 is 18.9 Å². The minimum Gasteiger partial charge on any atom is -0.454 e. The number of guanidine groups is 1. The summed E-state index contributed by atoms with van der Waals surface area (Å²) in [6.07, 6.45) is 0. The molecule has 2 aromatic rings. The van der Waals surface area contributed by atoms with Gasteiger partial charge in [0.1, 0.15) is 0 Å². The van der Waals surface area contributed by atoms with Crippen LogP contribution in [0.1, 0.15) is 11.1 Å². The van der Waals surface area contributed by atoms with E-state index in [-0.39, 0.29) is 37.6 Å². The van der Waals surface area contributed by atoms with Crippen LogP contribution in [0.25, 0.3) is 0 Å². The van der Waals surface area contributed by atoms with Gasteiger partial charge in [-0.15, -0.1) is 24.0 Å². The Morgan fingerprint density at radius 2 is 1.27 bits per heavy atom. The first-order valence-corrected chi connectivity index (χ1v) is 8.03. The molecule has 0 atom stereocenters. The van der Waals surface area contributed by atoms with Crippen LogP contribution in [0.5, 0.6) is 23.0 Å². The standard InChI is InChI=1S/C18H19N3O4.HI/c1-19-18(20-8-12-2-4-14-16(6-12)24-10-22-14)21-9-13-3-5-15-17(7-13)25-11-23-15;/h2-7H,8-11H2,1H3,(H2,19,20,21);1H. The van der Waals surface area contributed by atoms with E-state index in [0.717, 1.165) is 40.1 Å². The van der Waals surface area contributed by atoms with Crippen molar-refractivity contribution in [1.29, 1.82) is 0 Å². The first kappa shape index (κ1) is 18.4. The fourth-order valence-electron chi connectivity index (χ4n) is 2.69. The molecule has 0 unspecified atom stereocenters. The van der Waals surface area contributed by atoms with Crippen molar-refractivity contribution in [3.63, 3.8) is 0 Å². The summed E-state index contributed by atoms with van der Waals surface area (Å²) in [6, 6.07) is 11.8. The van der Waals surface area contributed by atoms with Crippen LogP contribution in [0.4, 0.5) is 0 Å². The molecule has 2 aliphatic heterocycles. The molecule has 2 heterocycles. The van der Waals surface area contributed by atoms with E-state index in [1.807, 2.05) is 36.4 Å². The van der Waals surface area contributed by atoms with Crippen LogP contribution in [0.15, 0.2) is 41.4 Å². The molecule has 26 heavy (non-hydrogen) atoms. The maximum absolute atomic E-state index is 5.40. The maximum Gasteiger partial charge on any atom is 0.231 e. The Hall–Kier alpha value is -2.36. The summed E-state index contributed by atoms with van der Waals surface area (Å²) in [4.78, 5) is 4.25. The molecule has 7 nitrogen and oxygen atoms in total. The molecule has 2 aromatic carbocycles. The highest BCUT2D eigenvalue weighted by Gasteiger charge is 2.14. The van der Waals surface area contributed by atoms with Crippen LogP contribution in [-0.4, -0.2) is 26.6 Å². The Morgan fingerprint density at radius 3 is 1.73 bits per heavy atom. The van der Waals surface area contributed by atoms with Gasteiger partial charge < -0.3 is 29.6 Å². The number of hydrogen-bond acceptors (Lipinski definition) is 5. The molecule has 0 saturated carbocycles. The molecule has 0 aliphatic carbocycles. The summed E-state index contributed by atoms with van der Waals surface area (Å²) in [6.45, 7) is 1.84. The van der Waals surface area contributed by atoms with Crippen LogP contribution < -0.4 is 29.6 Å². The lowest BCUT2D eigenvalue weighted by Gasteiger charge is -2.12. The van der Waals surface area contributed by atoms with Crippen molar-refractivity contribution in [2.45, 2.75) is 13.1 Å². The Morgan fingerprint density at radius 1 is 0.808 bits per heavy atom. The number of ether oxygens (including phenoxy) is 4. The summed E-state index contributed by atoms with van der Waals surface area (Å²) >= 11 is 0. The van der Waals surface area contributed by atoms with Gasteiger partial charge in [0.2, 0.25) is 13.6 Å². The van der Waals surface area contributed by atoms with Gasteiger partial charge in [0, 0.05) is 20.1 Å². The minimum atomic E-state index is 0. The summed E-state index contributed by atoms with van der Waals surface area (Å²) in [5, 5.41) is 6.57. The Labute approximate surface area is 168 Å². The van der Waals surface area contributed by atoms with Crippen molar-refractivity contribution in [3.05, 3.63) is 47.5 Å². The number of fused-ring (bicyclic) bond motifs is 2. The second kappa shape index (κ2) is 8.35. The summed E-state index contributed by atoms with van der Waals surface area (Å²) in [5.74, 6) is 3.85. The average Bonchev–Trinajstić information content (AvgIpc) is 3.29. The lowest BCUT2D eigenvalue weighted by molar-refractivity contribution is 0.173. The van der Waals surface area contributed by atoms with E-state index < -0.39 is 0 Å². The quantitative estimate of drug-likeness (QED) is 0.408. The zero-order valence-corrected chi connectivity index (χ0v) is 16.6. The van der Waals surface area contributed by atoms with Gasteiger partial charge in [-0.3, -0.25) is 4.99 Å². The van der Waals surface area contributed by atoms with Gasteiger partial charge in [-0.2, -0.15) is 0 Å². The molecule has 0 radical (unpaired) electrons. The van der Waals surface area contributed by atoms with Crippen molar-refractivity contribution in [2.24, 2.45) is 4.99 Å². The summed E-state index contributed by atoms with van der Waals surface area (Å²) in [5.41, 5.74) is 2.19. The average molecular weight is 469 g/mol. The van der Waals surface area contributed by atoms with Crippen LogP contribution in [0, 0.1) is 0 Å². The molecule has 138 valence electrons. The maximum atomic E-state index is 5.40. The Bertz CT molecular complexity index is 750. The highest BCUT2D eigenvalue weighted by molar-refractivity contribution is 14.0. The molecular weight excluding hydrogens is 449 g/mol. The van der Waals surface area contributed by atoms with Gasteiger partial charge >= 0.3 is 0 Å². The predicted molar refractivity (Wildman–Crippen MR) is 108 cm³/mol. The number of nitrogens with zero attached hydrogens (tertiary/aromatic N) is 1. The zero-order chi connectivity index (χ0) is 17.1. The number of rotatable bonds is 4. The van der Waals surface area contributed by atoms with Crippen molar-refractivity contribution in [2.75, 3.05) is 20.6 Å². The molecule has 8 heteroatoms. The third-order valence-electron chi connectivity index (χ3n) is 4.02. The molecule has 2 aliphatic rings. The molecule has 0 bridgehead atoms. The van der Waals surface area contributed by atoms with E-state index in [1.165, 1.54) is 0 Å². The van der Waals surface area contributed by atoms with E-state index in [1.54, 1.807) is 7.05 Å². The Balaban J connectivity index is 0.00000196. The van der Waals surface area contributed by atoms with Gasteiger partial charge in [-0.25, -0.2) is 0 Å². The van der Waals surface area contributed by atoms with Crippen LogP contribution in [-0.2, 0) is 13.1 Å². The van der Waals surface area contributed by atoms with E-state index in [0.29, 0.717) is 13.1 Å². The number of aliphatic imine (C=N–C) groups is 1. The highest BCUT2D eigenvalue weighted by Crippen LogP contribution is 2.33. The normalized spacial score (nSPS) is 13.0. The number of benzene rings is 2. The molecule has 0 fully saturated rings. The molecular formula is C18H20IN3O4. The first-order chi connectivity index (χ1) is 12.3. The van der Waals surface area contributed by atoms with Crippen molar-refractivity contribution in [3.8, 4) is 23.0 Å². The number of nitrogens with one attached hydrogen (secondary N) is 2. The predicted octanol–water partition coefficient (Wildman–Crippen LogP) is 2.63. The third-order valence-corrected chi connectivity index (χ3v) is 4.02. The number of halogens is 1. The second-order valence-corrected chi connectivity index (χ2v) is 5.65. The lowest BCUT2D eigenvalue weighted by atomic mass is 10.2. The molecule has 0 spiro atoms. The molecule has 0 amide bonds. The van der Waals surface area contributed by atoms with Gasteiger partial charge in [-0.05, 0) is 35.4 Å². The van der Waals surface area contributed by atoms with E-state index in [9.17, 15) is 0 Å². The summed E-state index contributed by atoms with van der Waals surface area (Å²) in [7, 11) is 1.74. The van der Waals surface area contributed by atoms with Gasteiger partial charge in [-0.1, -0.05) is 12.1 Å². The molecule has 4 rings (SSSR count). The van der Waals surface area contributed by atoms with Crippen LogP contribution in [0.2, 0.25) is 0 Å². The molecule has 0 aromatic heterocycles. The van der Waals surface area contributed by atoms with E-state index >= 15 is 0 Å². The smallest absolute Gasteiger partial charge is 0.231 e. The first-order valence-electron chi connectivity index (χ1n) is 8.03. The topological polar surface area (TPSA) is 73.3 Å². The third kappa shape index (κ3) is 4.06. The SMILES string of the molecule is CN=C(NCc1ccc2c(c1)OCO2)NCc1ccc2c(c1)OCO2.I. The minimum absolute atomic E-state index is 0. The molecule has 2 N–H and O–H groups in total. The molecule has 0 saturated heterocycles. The van der Waals surface area contributed by atoms with Crippen molar-refractivity contribution >= 4 is 29.9 Å². The zero-order valence-electron chi connectivity index (χ0n) is 14.3. The summed E-state index contributed by atoms with van der Waals surface area (Å²) < 4.78 is 21.4. The number of hydrogen-bond donors (Lipinski definition) is 2. The monoisotopic (exact) mass is 469 g/mol. The van der Waals surface area contributed by atoms with E-state index in [2.05, 4.69) is 15.6 Å². The largest absolute Gasteiger partial charge is 0.454 e. The fraction of sp³-hybridized carbons (Fsp3) is 0.278. The lowest BCUT2D eigenvalue weighted by Crippen LogP contribution is -2.36. The van der Waals surface area contributed by atoms with Gasteiger partial charge in [0.15, 0.2) is 29.0 Å². The van der Waals surface area contributed by atoms with Crippen LogP contribution in [0.3, 0.4) is 0 Å². The van der Waals surface area contributed by atoms with Crippen molar-refractivity contribution in [1.82, 2.24) is 10.6 Å².